The average Bonchev–Trinajstić information content (AvgIpc) is 2.74. The Morgan fingerprint density at radius 1 is 1.27 bits per heavy atom. The number of fused-ring (bicyclic) bond motifs is 3. The Morgan fingerprint density at radius 2 is 2.13 bits per heavy atom. The van der Waals surface area contributed by atoms with Gasteiger partial charge in [0.05, 0.1) is 17.9 Å². The number of aromatic nitrogens is 1. The Kier molecular flexibility index (Phi) is 5.81. The van der Waals surface area contributed by atoms with Crippen LogP contribution in [0.3, 0.4) is 0 Å². The number of benzene rings is 1. The van der Waals surface area contributed by atoms with Crippen molar-refractivity contribution in [3.8, 4) is 5.75 Å². The molecule has 0 bridgehead atoms. The van der Waals surface area contributed by atoms with Crippen LogP contribution in [0.2, 0.25) is 0 Å². The molecule has 2 aromatic heterocycles. The number of rotatable bonds is 6. The maximum absolute atomic E-state index is 12.7. The lowest BCUT2D eigenvalue weighted by Gasteiger charge is -2.29. The van der Waals surface area contributed by atoms with Gasteiger partial charge in [-0.15, -0.1) is 0 Å². The molecule has 0 amide bonds. The second kappa shape index (κ2) is 8.67. The molecule has 1 aliphatic heterocycles. The number of aryl methyl sites for hydroxylation is 1. The summed E-state index contributed by atoms with van der Waals surface area (Å²) in [4.78, 5) is 30.9. The van der Waals surface area contributed by atoms with Gasteiger partial charge >= 0.3 is 11.6 Å². The summed E-state index contributed by atoms with van der Waals surface area (Å²) in [5.74, 6) is 0.405. The van der Waals surface area contributed by atoms with Crippen LogP contribution in [0.15, 0.2) is 45.7 Å². The van der Waals surface area contributed by atoms with Gasteiger partial charge in [-0.3, -0.25) is 14.7 Å². The Labute approximate surface area is 174 Å². The molecule has 7 heteroatoms. The van der Waals surface area contributed by atoms with Crippen LogP contribution < -0.4 is 10.4 Å². The van der Waals surface area contributed by atoms with Crippen molar-refractivity contribution in [1.29, 1.82) is 0 Å². The number of carbonyl (C=O) groups is 1. The van der Waals surface area contributed by atoms with Crippen LogP contribution in [0.1, 0.15) is 35.7 Å². The molecule has 0 aliphatic carbocycles. The summed E-state index contributed by atoms with van der Waals surface area (Å²) in [5.41, 5.74) is 3.27. The Balaban J connectivity index is 1.64. The van der Waals surface area contributed by atoms with Crippen molar-refractivity contribution in [3.05, 3.63) is 69.3 Å². The minimum Gasteiger partial charge on any atom is -0.478 e. The molecule has 3 heterocycles. The fourth-order valence-corrected chi connectivity index (χ4v) is 3.78. The molecule has 0 atom stereocenters. The van der Waals surface area contributed by atoms with Crippen LogP contribution in [-0.4, -0.2) is 29.2 Å². The standard InChI is InChI=1S/C23H24N2O5/c1-3-28-21(26)10-8-18-15(2)17-7-9-20-19(22(17)30-23(18)27)13-25(14-29-20)12-16-6-4-5-11-24-16/h4-7,9,11H,3,8,10,12-14H2,1-2H3. The van der Waals surface area contributed by atoms with E-state index in [9.17, 15) is 9.59 Å². The van der Waals surface area contributed by atoms with Gasteiger partial charge in [0.1, 0.15) is 18.1 Å². The zero-order valence-electron chi connectivity index (χ0n) is 17.1. The molecule has 30 heavy (non-hydrogen) atoms. The number of hydrogen-bond donors (Lipinski definition) is 0. The van der Waals surface area contributed by atoms with Gasteiger partial charge in [0, 0.05) is 36.7 Å². The summed E-state index contributed by atoms with van der Waals surface area (Å²) in [5, 5.41) is 0.857. The van der Waals surface area contributed by atoms with Crippen molar-refractivity contribution < 1.29 is 18.7 Å². The number of hydrogen-bond acceptors (Lipinski definition) is 7. The quantitative estimate of drug-likeness (QED) is 0.457. The molecule has 1 aliphatic rings. The van der Waals surface area contributed by atoms with E-state index in [1.54, 1.807) is 13.1 Å². The predicted octanol–water partition coefficient (Wildman–Crippen LogP) is 3.34. The molecule has 4 rings (SSSR count). The molecule has 1 aromatic carbocycles. The highest BCUT2D eigenvalue weighted by molar-refractivity contribution is 5.86. The summed E-state index contributed by atoms with van der Waals surface area (Å²) >= 11 is 0. The highest BCUT2D eigenvalue weighted by Crippen LogP contribution is 2.34. The van der Waals surface area contributed by atoms with Crippen LogP contribution in [0.5, 0.6) is 5.75 Å². The first-order chi connectivity index (χ1) is 14.6. The molecule has 0 saturated heterocycles. The number of ether oxygens (including phenoxy) is 2. The van der Waals surface area contributed by atoms with Crippen molar-refractivity contribution in [2.45, 2.75) is 39.8 Å². The fraction of sp³-hybridized carbons (Fsp3) is 0.348. The SMILES string of the molecule is CCOC(=O)CCc1c(C)c2ccc3c(c2oc1=O)CN(Cc1ccccn1)CO3. The summed E-state index contributed by atoms with van der Waals surface area (Å²) in [6.07, 6.45) is 2.21. The highest BCUT2D eigenvalue weighted by atomic mass is 16.5. The van der Waals surface area contributed by atoms with Gasteiger partial charge in [-0.05, 0) is 50.1 Å². The van der Waals surface area contributed by atoms with Gasteiger partial charge in [-0.1, -0.05) is 6.07 Å². The Morgan fingerprint density at radius 3 is 2.90 bits per heavy atom. The van der Waals surface area contributed by atoms with Gasteiger partial charge in [0.2, 0.25) is 0 Å². The van der Waals surface area contributed by atoms with Crippen molar-refractivity contribution in [2.75, 3.05) is 13.3 Å². The van der Waals surface area contributed by atoms with Crippen molar-refractivity contribution in [1.82, 2.24) is 9.88 Å². The fourth-order valence-electron chi connectivity index (χ4n) is 3.78. The molecular formula is C23H24N2O5. The third-order valence-electron chi connectivity index (χ3n) is 5.30. The minimum atomic E-state index is -0.417. The zero-order chi connectivity index (χ0) is 21.1. The van der Waals surface area contributed by atoms with E-state index < -0.39 is 5.63 Å². The summed E-state index contributed by atoms with van der Waals surface area (Å²) in [6.45, 7) is 5.64. The molecule has 3 aromatic rings. The van der Waals surface area contributed by atoms with Crippen molar-refractivity contribution in [2.24, 2.45) is 0 Å². The molecule has 0 N–H and O–H groups in total. The highest BCUT2D eigenvalue weighted by Gasteiger charge is 2.24. The van der Waals surface area contributed by atoms with E-state index in [0.717, 1.165) is 28.0 Å². The van der Waals surface area contributed by atoms with E-state index in [1.807, 2.05) is 37.3 Å². The molecule has 0 saturated carbocycles. The Bertz CT molecular complexity index is 1120. The molecule has 0 spiro atoms. The maximum atomic E-state index is 12.7. The lowest BCUT2D eigenvalue weighted by atomic mass is 9.99. The number of carbonyl (C=O) groups excluding carboxylic acids is 1. The van der Waals surface area contributed by atoms with Gasteiger partial charge < -0.3 is 13.9 Å². The third-order valence-corrected chi connectivity index (χ3v) is 5.30. The number of pyridine rings is 1. The van der Waals surface area contributed by atoms with Crippen LogP contribution in [0.4, 0.5) is 0 Å². The number of esters is 1. The van der Waals surface area contributed by atoms with Gasteiger partial charge in [0.15, 0.2) is 0 Å². The summed E-state index contributed by atoms with van der Waals surface area (Å²) < 4.78 is 16.6. The van der Waals surface area contributed by atoms with E-state index >= 15 is 0 Å². The van der Waals surface area contributed by atoms with Crippen molar-refractivity contribution in [3.63, 3.8) is 0 Å². The average molecular weight is 408 g/mol. The van der Waals surface area contributed by atoms with E-state index in [2.05, 4.69) is 9.88 Å². The first-order valence-electron chi connectivity index (χ1n) is 10.1. The normalized spacial score (nSPS) is 13.7. The maximum Gasteiger partial charge on any atom is 0.339 e. The first kappa shape index (κ1) is 20.1. The van der Waals surface area contributed by atoms with E-state index in [-0.39, 0.29) is 12.4 Å². The number of nitrogens with zero attached hydrogens (tertiary/aromatic N) is 2. The van der Waals surface area contributed by atoms with E-state index in [1.165, 1.54) is 0 Å². The van der Waals surface area contributed by atoms with Crippen LogP contribution in [-0.2, 0) is 29.0 Å². The zero-order valence-corrected chi connectivity index (χ0v) is 17.1. The third kappa shape index (κ3) is 4.07. The summed E-state index contributed by atoms with van der Waals surface area (Å²) in [7, 11) is 0. The van der Waals surface area contributed by atoms with Gasteiger partial charge in [0.25, 0.3) is 0 Å². The molecule has 0 unspecified atom stereocenters. The lowest BCUT2D eigenvalue weighted by molar-refractivity contribution is -0.143. The van der Waals surface area contributed by atoms with Gasteiger partial charge in [-0.25, -0.2) is 4.79 Å². The molecule has 7 nitrogen and oxygen atoms in total. The Hall–Kier alpha value is -3.19. The van der Waals surface area contributed by atoms with E-state index in [4.69, 9.17) is 13.9 Å². The van der Waals surface area contributed by atoms with E-state index in [0.29, 0.717) is 44.0 Å². The largest absolute Gasteiger partial charge is 0.478 e. The smallest absolute Gasteiger partial charge is 0.339 e. The molecule has 0 radical (unpaired) electrons. The van der Waals surface area contributed by atoms with Crippen LogP contribution in [0, 0.1) is 6.92 Å². The van der Waals surface area contributed by atoms with Crippen molar-refractivity contribution >= 4 is 16.9 Å². The van der Waals surface area contributed by atoms with Crippen LogP contribution in [0.25, 0.3) is 11.0 Å². The molecule has 156 valence electrons. The predicted molar refractivity (Wildman–Crippen MR) is 111 cm³/mol. The van der Waals surface area contributed by atoms with Gasteiger partial charge in [-0.2, -0.15) is 0 Å². The second-order valence-electron chi connectivity index (χ2n) is 7.30. The minimum absolute atomic E-state index is 0.150. The monoisotopic (exact) mass is 408 g/mol. The second-order valence-corrected chi connectivity index (χ2v) is 7.30. The topological polar surface area (TPSA) is 81.9 Å². The van der Waals surface area contributed by atoms with Crippen LogP contribution >= 0.6 is 0 Å². The molecule has 0 fully saturated rings. The molecular weight excluding hydrogens is 384 g/mol. The first-order valence-corrected chi connectivity index (χ1v) is 10.1. The lowest BCUT2D eigenvalue weighted by Crippen LogP contribution is -2.32. The summed E-state index contributed by atoms with van der Waals surface area (Å²) in [6, 6.07) is 9.64.